The summed E-state index contributed by atoms with van der Waals surface area (Å²) in [4.78, 5) is 32.4. The minimum Gasteiger partial charge on any atom is -0.468 e. The molecular formula is C18H24N4O4S. The summed E-state index contributed by atoms with van der Waals surface area (Å²) in [6, 6.07) is 3.87. The van der Waals surface area contributed by atoms with Gasteiger partial charge < -0.3 is 14.5 Å². The van der Waals surface area contributed by atoms with Crippen LogP contribution in [0.15, 0.2) is 28.2 Å². The lowest BCUT2D eigenvalue weighted by Crippen LogP contribution is -2.48. The molecule has 0 unspecified atom stereocenters. The molecule has 1 aliphatic heterocycles. The van der Waals surface area contributed by atoms with E-state index in [1.54, 1.807) is 18.6 Å². The molecule has 1 amide bonds. The monoisotopic (exact) mass is 392 g/mol. The van der Waals surface area contributed by atoms with Gasteiger partial charge in [0.2, 0.25) is 5.91 Å². The number of amides is 1. The zero-order valence-corrected chi connectivity index (χ0v) is 16.2. The van der Waals surface area contributed by atoms with Crippen LogP contribution in [-0.2, 0) is 27.3 Å². The molecule has 1 saturated heterocycles. The van der Waals surface area contributed by atoms with Crippen LogP contribution in [0.4, 0.5) is 5.13 Å². The molecule has 2 aromatic heterocycles. The van der Waals surface area contributed by atoms with Crippen LogP contribution in [-0.4, -0.2) is 66.0 Å². The molecule has 1 fully saturated rings. The number of piperazine rings is 1. The maximum atomic E-state index is 12.2. The lowest BCUT2D eigenvalue weighted by Gasteiger charge is -2.33. The van der Waals surface area contributed by atoms with Gasteiger partial charge in [-0.1, -0.05) is 0 Å². The average Bonchev–Trinajstić information content (AvgIpc) is 3.29. The fraction of sp³-hybridized carbons (Fsp3) is 0.500. The smallest absolute Gasteiger partial charge is 0.311 e. The Morgan fingerprint density at radius 2 is 2.07 bits per heavy atom. The standard InChI is InChI=1S/C18H24N4O4S/c1-2-25-17(24)10-14-13-27-18(19-14)20-16(23)12-22-7-5-21(6-8-22)11-15-4-3-9-26-15/h3-4,9,13H,2,5-8,10-12H2,1H3,(H,19,20,23). The van der Waals surface area contributed by atoms with Gasteiger partial charge in [0.15, 0.2) is 5.13 Å². The minimum atomic E-state index is -0.312. The van der Waals surface area contributed by atoms with E-state index in [2.05, 4.69) is 20.1 Å². The van der Waals surface area contributed by atoms with Crippen molar-refractivity contribution in [1.82, 2.24) is 14.8 Å². The van der Waals surface area contributed by atoms with Gasteiger partial charge in [-0.05, 0) is 19.1 Å². The molecule has 0 radical (unpaired) electrons. The number of thiazole rings is 1. The third kappa shape index (κ3) is 6.16. The molecule has 8 nitrogen and oxygen atoms in total. The van der Waals surface area contributed by atoms with Gasteiger partial charge in [0.1, 0.15) is 5.76 Å². The Balaban J connectivity index is 1.38. The normalized spacial score (nSPS) is 15.6. The summed E-state index contributed by atoms with van der Waals surface area (Å²) in [7, 11) is 0. The summed E-state index contributed by atoms with van der Waals surface area (Å²) >= 11 is 1.31. The Hall–Kier alpha value is -2.23. The molecular weight excluding hydrogens is 368 g/mol. The van der Waals surface area contributed by atoms with Crippen LogP contribution in [0.25, 0.3) is 0 Å². The van der Waals surface area contributed by atoms with E-state index < -0.39 is 0 Å². The maximum absolute atomic E-state index is 12.2. The van der Waals surface area contributed by atoms with Crippen LogP contribution in [0.5, 0.6) is 0 Å². The van der Waals surface area contributed by atoms with Gasteiger partial charge in [-0.25, -0.2) is 4.98 Å². The number of carbonyl (C=O) groups is 2. The molecule has 0 atom stereocenters. The van der Waals surface area contributed by atoms with Crippen molar-refractivity contribution in [2.45, 2.75) is 19.9 Å². The highest BCUT2D eigenvalue weighted by Crippen LogP contribution is 2.16. The summed E-state index contributed by atoms with van der Waals surface area (Å²) < 4.78 is 10.3. The molecule has 0 bridgehead atoms. The lowest BCUT2D eigenvalue weighted by molar-refractivity contribution is -0.142. The lowest BCUT2D eigenvalue weighted by atomic mass is 10.3. The first-order valence-electron chi connectivity index (χ1n) is 8.99. The summed E-state index contributed by atoms with van der Waals surface area (Å²) in [6.07, 6.45) is 1.81. The zero-order valence-electron chi connectivity index (χ0n) is 15.3. The third-order valence-electron chi connectivity index (χ3n) is 4.22. The van der Waals surface area contributed by atoms with Gasteiger partial charge in [-0.2, -0.15) is 0 Å². The molecule has 146 valence electrons. The molecule has 2 aromatic rings. The molecule has 0 spiro atoms. The van der Waals surface area contributed by atoms with E-state index in [4.69, 9.17) is 9.15 Å². The number of aromatic nitrogens is 1. The number of rotatable bonds is 8. The predicted octanol–water partition coefficient (Wildman–Crippen LogP) is 1.60. The highest BCUT2D eigenvalue weighted by molar-refractivity contribution is 7.13. The molecule has 3 rings (SSSR count). The fourth-order valence-corrected chi connectivity index (χ4v) is 3.62. The Bertz CT molecular complexity index is 738. The van der Waals surface area contributed by atoms with Crippen LogP contribution in [0.3, 0.4) is 0 Å². The molecule has 3 heterocycles. The van der Waals surface area contributed by atoms with Gasteiger partial charge in [-0.15, -0.1) is 11.3 Å². The number of esters is 1. The number of hydrogen-bond acceptors (Lipinski definition) is 8. The minimum absolute atomic E-state index is 0.0912. The Morgan fingerprint density at radius 3 is 2.78 bits per heavy atom. The van der Waals surface area contributed by atoms with E-state index in [0.717, 1.165) is 38.5 Å². The van der Waals surface area contributed by atoms with E-state index in [1.807, 2.05) is 12.1 Å². The van der Waals surface area contributed by atoms with Crippen LogP contribution in [0, 0.1) is 0 Å². The molecule has 0 aromatic carbocycles. The fourth-order valence-electron chi connectivity index (χ4n) is 2.90. The SMILES string of the molecule is CCOC(=O)Cc1csc(NC(=O)CN2CCN(Cc3ccco3)CC2)n1. The predicted molar refractivity (Wildman–Crippen MR) is 102 cm³/mol. The van der Waals surface area contributed by atoms with Crippen molar-refractivity contribution in [3.63, 3.8) is 0 Å². The van der Waals surface area contributed by atoms with Crippen molar-refractivity contribution in [2.75, 3.05) is 44.6 Å². The first kappa shape index (κ1) is 19.5. The molecule has 27 heavy (non-hydrogen) atoms. The first-order valence-corrected chi connectivity index (χ1v) is 9.87. The van der Waals surface area contributed by atoms with E-state index in [1.165, 1.54) is 11.3 Å². The second-order valence-corrected chi connectivity index (χ2v) is 7.16. The van der Waals surface area contributed by atoms with Gasteiger partial charge >= 0.3 is 5.97 Å². The van der Waals surface area contributed by atoms with Gasteiger partial charge in [-0.3, -0.25) is 19.4 Å². The van der Waals surface area contributed by atoms with Crippen molar-refractivity contribution in [2.24, 2.45) is 0 Å². The molecule has 1 aliphatic rings. The van der Waals surface area contributed by atoms with Crippen LogP contribution < -0.4 is 5.32 Å². The summed E-state index contributed by atoms with van der Waals surface area (Å²) in [5.41, 5.74) is 0.611. The number of nitrogens with zero attached hydrogens (tertiary/aromatic N) is 3. The zero-order chi connectivity index (χ0) is 19.1. The van der Waals surface area contributed by atoms with Crippen LogP contribution in [0.2, 0.25) is 0 Å². The topological polar surface area (TPSA) is 87.9 Å². The first-order chi connectivity index (χ1) is 13.1. The van der Waals surface area contributed by atoms with Crippen molar-refractivity contribution in [3.05, 3.63) is 35.2 Å². The summed E-state index contributed by atoms with van der Waals surface area (Å²) in [6.45, 7) is 6.71. The number of hydrogen-bond donors (Lipinski definition) is 1. The highest BCUT2D eigenvalue weighted by Gasteiger charge is 2.20. The largest absolute Gasteiger partial charge is 0.468 e. The Morgan fingerprint density at radius 1 is 1.30 bits per heavy atom. The Kier molecular flexibility index (Phi) is 6.97. The molecule has 1 N–H and O–H groups in total. The van der Waals surface area contributed by atoms with Gasteiger partial charge in [0.25, 0.3) is 0 Å². The number of ether oxygens (including phenoxy) is 1. The number of nitrogens with one attached hydrogen (secondary N) is 1. The quantitative estimate of drug-likeness (QED) is 0.683. The maximum Gasteiger partial charge on any atom is 0.311 e. The summed E-state index contributed by atoms with van der Waals surface area (Å²) in [5.74, 6) is 0.559. The molecule has 0 saturated carbocycles. The number of furan rings is 1. The highest BCUT2D eigenvalue weighted by atomic mass is 32.1. The van der Waals surface area contributed by atoms with E-state index in [0.29, 0.717) is 24.0 Å². The number of anilines is 1. The summed E-state index contributed by atoms with van der Waals surface area (Å²) in [5, 5.41) is 5.08. The van der Waals surface area contributed by atoms with Gasteiger partial charge in [0, 0.05) is 31.6 Å². The van der Waals surface area contributed by atoms with Crippen LogP contribution in [0.1, 0.15) is 18.4 Å². The van der Waals surface area contributed by atoms with Gasteiger partial charge in [0.05, 0.1) is 38.1 Å². The van der Waals surface area contributed by atoms with E-state index in [9.17, 15) is 9.59 Å². The van der Waals surface area contributed by atoms with Crippen molar-refractivity contribution < 1.29 is 18.7 Å². The second kappa shape index (κ2) is 9.63. The molecule has 9 heteroatoms. The third-order valence-corrected chi connectivity index (χ3v) is 5.03. The number of carbonyl (C=O) groups excluding carboxylic acids is 2. The van der Waals surface area contributed by atoms with Crippen molar-refractivity contribution in [3.8, 4) is 0 Å². The molecule has 0 aliphatic carbocycles. The average molecular weight is 392 g/mol. The van der Waals surface area contributed by atoms with Crippen molar-refractivity contribution >= 4 is 28.3 Å². The van der Waals surface area contributed by atoms with Crippen LogP contribution >= 0.6 is 11.3 Å². The second-order valence-electron chi connectivity index (χ2n) is 6.31. The Labute approximate surface area is 162 Å². The van der Waals surface area contributed by atoms with Crippen molar-refractivity contribution in [1.29, 1.82) is 0 Å². The van der Waals surface area contributed by atoms with E-state index >= 15 is 0 Å². The van der Waals surface area contributed by atoms with E-state index in [-0.39, 0.29) is 18.3 Å².